The quantitative estimate of drug-likeness (QED) is 0.756. The summed E-state index contributed by atoms with van der Waals surface area (Å²) in [5.74, 6) is 1.66. The van der Waals surface area contributed by atoms with Gasteiger partial charge in [-0.1, -0.05) is 19.3 Å². The summed E-state index contributed by atoms with van der Waals surface area (Å²) in [6.07, 6.45) is 4.72. The number of hydrogen-bond acceptors (Lipinski definition) is 6. The van der Waals surface area contributed by atoms with Crippen LogP contribution in [0.5, 0.6) is 11.5 Å². The predicted molar refractivity (Wildman–Crippen MR) is 111 cm³/mol. The first-order valence-corrected chi connectivity index (χ1v) is 10.5. The molecule has 2 fully saturated rings. The van der Waals surface area contributed by atoms with E-state index in [2.05, 4.69) is 21.2 Å². The molecular formula is C22H32N4O3. The molecule has 3 rings (SSSR count). The van der Waals surface area contributed by atoms with Gasteiger partial charge in [-0.2, -0.15) is 5.26 Å². The van der Waals surface area contributed by atoms with Gasteiger partial charge in [-0.05, 0) is 31.0 Å². The van der Waals surface area contributed by atoms with Gasteiger partial charge < -0.3 is 14.8 Å². The van der Waals surface area contributed by atoms with Gasteiger partial charge in [-0.25, -0.2) is 0 Å². The van der Waals surface area contributed by atoms with Gasteiger partial charge >= 0.3 is 0 Å². The molecule has 29 heavy (non-hydrogen) atoms. The van der Waals surface area contributed by atoms with Crippen molar-refractivity contribution >= 4 is 5.91 Å². The minimum absolute atomic E-state index is 0.0311. The highest BCUT2D eigenvalue weighted by Gasteiger charge is 2.34. The number of nitrogens with one attached hydrogen (secondary N) is 1. The van der Waals surface area contributed by atoms with Crippen LogP contribution in [0.25, 0.3) is 0 Å². The van der Waals surface area contributed by atoms with Crippen molar-refractivity contribution in [2.75, 3.05) is 46.9 Å². The van der Waals surface area contributed by atoms with E-state index in [0.717, 1.165) is 81.9 Å². The Labute approximate surface area is 173 Å². The van der Waals surface area contributed by atoms with Crippen LogP contribution in [-0.2, 0) is 11.3 Å². The van der Waals surface area contributed by atoms with Crippen LogP contribution in [0.4, 0.5) is 0 Å². The molecule has 0 atom stereocenters. The first-order valence-electron chi connectivity index (χ1n) is 10.5. The second-order valence-electron chi connectivity index (χ2n) is 8.03. The molecule has 1 aliphatic carbocycles. The van der Waals surface area contributed by atoms with E-state index < -0.39 is 5.54 Å². The van der Waals surface area contributed by atoms with Crippen LogP contribution in [0.3, 0.4) is 0 Å². The van der Waals surface area contributed by atoms with E-state index in [1.807, 2.05) is 18.2 Å². The predicted octanol–water partition coefficient (Wildman–Crippen LogP) is 2.16. The van der Waals surface area contributed by atoms with Crippen molar-refractivity contribution in [1.29, 1.82) is 5.26 Å². The van der Waals surface area contributed by atoms with Crippen molar-refractivity contribution in [1.82, 2.24) is 15.1 Å². The molecule has 158 valence electrons. The fourth-order valence-corrected chi connectivity index (χ4v) is 4.28. The molecule has 1 N–H and O–H groups in total. The summed E-state index contributed by atoms with van der Waals surface area (Å²) in [5, 5.41) is 12.6. The first kappa shape index (κ1) is 21.4. The second kappa shape index (κ2) is 9.95. The van der Waals surface area contributed by atoms with Crippen molar-refractivity contribution in [3.05, 3.63) is 23.8 Å². The number of rotatable bonds is 7. The molecular weight excluding hydrogens is 368 g/mol. The second-order valence-corrected chi connectivity index (χ2v) is 8.03. The van der Waals surface area contributed by atoms with Crippen LogP contribution < -0.4 is 14.8 Å². The van der Waals surface area contributed by atoms with Gasteiger partial charge in [0.25, 0.3) is 0 Å². The standard InChI is InChI=1S/C22H32N4O3/c1-28-19-6-7-20(29-2)18(14-19)15-25-10-12-26(13-11-25)16-21(27)24-22(17-23)8-4-3-5-9-22/h6-7,14H,3-5,8-13,15-16H2,1-2H3,(H,24,27). The molecule has 2 aliphatic rings. The van der Waals surface area contributed by atoms with E-state index in [1.165, 1.54) is 0 Å². The Hall–Kier alpha value is -2.30. The molecule has 1 amide bonds. The Balaban J connectivity index is 1.48. The zero-order valence-electron chi connectivity index (χ0n) is 17.6. The van der Waals surface area contributed by atoms with E-state index in [4.69, 9.17) is 9.47 Å². The summed E-state index contributed by atoms with van der Waals surface area (Å²) in [5.41, 5.74) is 0.450. The monoisotopic (exact) mass is 400 g/mol. The van der Waals surface area contributed by atoms with E-state index >= 15 is 0 Å². The molecule has 0 spiro atoms. The topological polar surface area (TPSA) is 77.8 Å². The highest BCUT2D eigenvalue weighted by Crippen LogP contribution is 2.28. The summed E-state index contributed by atoms with van der Waals surface area (Å²) >= 11 is 0. The fraction of sp³-hybridized carbons (Fsp3) is 0.636. The zero-order chi connectivity index (χ0) is 20.7. The maximum absolute atomic E-state index is 12.5. The van der Waals surface area contributed by atoms with Gasteiger partial charge in [0.2, 0.25) is 5.91 Å². The summed E-state index contributed by atoms with van der Waals surface area (Å²) in [7, 11) is 3.35. The minimum Gasteiger partial charge on any atom is -0.497 e. The van der Waals surface area contributed by atoms with Gasteiger partial charge in [0, 0.05) is 38.3 Å². The number of amides is 1. The lowest BCUT2D eigenvalue weighted by Gasteiger charge is -2.36. The lowest BCUT2D eigenvalue weighted by molar-refractivity contribution is -0.124. The van der Waals surface area contributed by atoms with Crippen LogP contribution in [0.1, 0.15) is 37.7 Å². The minimum atomic E-state index is -0.653. The van der Waals surface area contributed by atoms with Crippen molar-refractivity contribution in [2.24, 2.45) is 0 Å². The first-order chi connectivity index (χ1) is 14.1. The fourth-order valence-electron chi connectivity index (χ4n) is 4.28. The highest BCUT2D eigenvalue weighted by atomic mass is 16.5. The lowest BCUT2D eigenvalue weighted by atomic mass is 9.83. The SMILES string of the molecule is COc1ccc(OC)c(CN2CCN(CC(=O)NC3(C#N)CCCCC3)CC2)c1. The largest absolute Gasteiger partial charge is 0.497 e. The van der Waals surface area contributed by atoms with Crippen LogP contribution >= 0.6 is 0 Å². The van der Waals surface area contributed by atoms with Crippen molar-refractivity contribution < 1.29 is 14.3 Å². The van der Waals surface area contributed by atoms with Crippen LogP contribution in [0.15, 0.2) is 18.2 Å². The number of benzene rings is 1. The van der Waals surface area contributed by atoms with Gasteiger partial charge in [0.1, 0.15) is 17.0 Å². The van der Waals surface area contributed by atoms with E-state index in [9.17, 15) is 10.1 Å². The maximum Gasteiger partial charge on any atom is 0.235 e. The Bertz CT molecular complexity index is 732. The average Bonchev–Trinajstić information content (AvgIpc) is 2.75. The summed E-state index contributed by atoms with van der Waals surface area (Å²) in [6, 6.07) is 8.21. The number of carbonyl (C=O) groups is 1. The molecule has 0 bridgehead atoms. The van der Waals surface area contributed by atoms with Crippen molar-refractivity contribution in [3.8, 4) is 17.6 Å². The Kier molecular flexibility index (Phi) is 7.34. The van der Waals surface area contributed by atoms with Gasteiger partial charge in [-0.15, -0.1) is 0 Å². The lowest BCUT2D eigenvalue weighted by Crippen LogP contribution is -2.54. The molecule has 0 aromatic heterocycles. The van der Waals surface area contributed by atoms with Crippen molar-refractivity contribution in [3.63, 3.8) is 0 Å². The van der Waals surface area contributed by atoms with Crippen LogP contribution in [0, 0.1) is 11.3 Å². The number of methoxy groups -OCH3 is 2. The number of ether oxygens (including phenoxy) is 2. The Morgan fingerprint density at radius 1 is 1.10 bits per heavy atom. The normalized spacial score (nSPS) is 19.9. The van der Waals surface area contributed by atoms with E-state index in [0.29, 0.717) is 6.54 Å². The number of carbonyl (C=O) groups excluding carboxylic acids is 1. The highest BCUT2D eigenvalue weighted by molar-refractivity contribution is 5.79. The third kappa shape index (κ3) is 5.62. The Morgan fingerprint density at radius 2 is 1.79 bits per heavy atom. The molecule has 7 heteroatoms. The van der Waals surface area contributed by atoms with E-state index in [-0.39, 0.29) is 5.91 Å². The number of nitrogens with zero attached hydrogens (tertiary/aromatic N) is 3. The van der Waals surface area contributed by atoms with E-state index in [1.54, 1.807) is 14.2 Å². The third-order valence-corrected chi connectivity index (χ3v) is 6.01. The molecule has 1 aromatic carbocycles. The summed E-state index contributed by atoms with van der Waals surface area (Å²) in [6.45, 7) is 4.59. The maximum atomic E-state index is 12.5. The molecule has 1 aromatic rings. The van der Waals surface area contributed by atoms with Crippen LogP contribution in [-0.4, -0.2) is 68.2 Å². The Morgan fingerprint density at radius 3 is 2.41 bits per heavy atom. The van der Waals surface area contributed by atoms with Crippen LogP contribution in [0.2, 0.25) is 0 Å². The molecule has 0 radical (unpaired) electrons. The van der Waals surface area contributed by atoms with Crippen molar-refractivity contribution in [2.45, 2.75) is 44.2 Å². The van der Waals surface area contributed by atoms with Gasteiger partial charge in [0.05, 0.1) is 26.8 Å². The smallest absolute Gasteiger partial charge is 0.235 e. The molecule has 1 aliphatic heterocycles. The molecule has 1 saturated heterocycles. The number of nitriles is 1. The van der Waals surface area contributed by atoms with Gasteiger partial charge in [-0.3, -0.25) is 14.6 Å². The number of hydrogen-bond donors (Lipinski definition) is 1. The van der Waals surface area contributed by atoms with Gasteiger partial charge in [0.15, 0.2) is 0 Å². The molecule has 7 nitrogen and oxygen atoms in total. The molecule has 1 saturated carbocycles. The third-order valence-electron chi connectivity index (χ3n) is 6.01. The molecule has 1 heterocycles. The number of piperazine rings is 1. The summed E-state index contributed by atoms with van der Waals surface area (Å²) < 4.78 is 10.8. The summed E-state index contributed by atoms with van der Waals surface area (Å²) in [4.78, 5) is 17.1. The average molecular weight is 401 g/mol. The molecule has 0 unspecified atom stereocenters. The zero-order valence-corrected chi connectivity index (χ0v) is 17.6.